The Morgan fingerprint density at radius 1 is 0.338 bits per heavy atom. The smallest absolute Gasteiger partial charge is 0.407 e. The van der Waals surface area contributed by atoms with Crippen molar-refractivity contribution in [3.8, 4) is 0 Å². The van der Waals surface area contributed by atoms with E-state index in [1.165, 1.54) is 6.92 Å². The van der Waals surface area contributed by atoms with E-state index in [0.717, 1.165) is 0 Å². The normalized spacial score (nSPS) is 12.1. The third kappa shape index (κ3) is 52.0. The van der Waals surface area contributed by atoms with Crippen LogP contribution in [-0.4, -0.2) is 250 Å². The van der Waals surface area contributed by atoms with Crippen molar-refractivity contribution in [3.05, 3.63) is 0 Å². The summed E-state index contributed by atoms with van der Waals surface area (Å²) in [5.41, 5.74) is -2.43. The Labute approximate surface area is 459 Å². The Bertz CT molecular complexity index is 1460. The molecule has 0 aromatic carbocycles. The topological polar surface area (TPSA) is 282 Å². The van der Waals surface area contributed by atoms with Gasteiger partial charge in [0.05, 0.1) is 92.3 Å². The summed E-state index contributed by atoms with van der Waals surface area (Å²) in [5, 5.41) is 13.5. The average Bonchev–Trinajstić information content (AvgIpc) is 3.27. The molecule has 77 heavy (non-hydrogen) atoms. The monoisotopic (exact) mass is 1110 g/mol. The Hall–Kier alpha value is -4.47. The van der Waals surface area contributed by atoms with Gasteiger partial charge in [0, 0.05) is 85.0 Å². The summed E-state index contributed by atoms with van der Waals surface area (Å²) < 4.78 is 55.4. The second kappa shape index (κ2) is 41.6. The molecule has 0 atom stereocenters. The highest BCUT2D eigenvalue weighted by molar-refractivity contribution is 5.80. The lowest BCUT2D eigenvalue weighted by molar-refractivity contribution is -0.123. The summed E-state index contributed by atoms with van der Waals surface area (Å²) in [6, 6.07) is 0. The van der Waals surface area contributed by atoms with Gasteiger partial charge >= 0.3 is 24.4 Å². The molecule has 0 saturated carbocycles. The number of amides is 5. The first-order valence-corrected chi connectivity index (χ1v) is 26.8. The minimum absolute atomic E-state index is 0.00608. The van der Waals surface area contributed by atoms with Crippen LogP contribution in [0.5, 0.6) is 0 Å². The number of nitrogens with one attached hydrogen (secondary N) is 5. The van der Waals surface area contributed by atoms with Crippen LogP contribution in [0.25, 0.3) is 0 Å². The Morgan fingerprint density at radius 3 is 0.883 bits per heavy atom. The first kappa shape index (κ1) is 72.5. The predicted octanol–water partition coefficient (Wildman–Crippen LogP) is 3.15. The summed E-state index contributed by atoms with van der Waals surface area (Å²) >= 11 is 0. The summed E-state index contributed by atoms with van der Waals surface area (Å²) in [7, 11) is 0. The minimum atomic E-state index is -0.611. The molecule has 25 heteroatoms. The minimum Gasteiger partial charge on any atom is -0.444 e. The van der Waals surface area contributed by atoms with Gasteiger partial charge in [-0.1, -0.05) is 0 Å². The zero-order chi connectivity index (χ0) is 58.2. The van der Waals surface area contributed by atoms with Crippen molar-refractivity contribution in [2.24, 2.45) is 0 Å². The maximum Gasteiger partial charge on any atom is 0.407 e. The fourth-order valence-corrected chi connectivity index (χ4v) is 6.28. The highest BCUT2D eigenvalue weighted by atomic mass is 16.6. The molecule has 5 N–H and O–H groups in total. The van der Waals surface area contributed by atoms with Crippen molar-refractivity contribution in [1.29, 1.82) is 0 Å². The maximum atomic E-state index is 13.0. The van der Waals surface area contributed by atoms with Crippen LogP contribution < -0.4 is 26.6 Å². The molecule has 0 rings (SSSR count). The van der Waals surface area contributed by atoms with Crippen LogP contribution in [0, 0.1) is 0 Å². The molecule has 25 nitrogen and oxygen atoms in total. The first-order chi connectivity index (χ1) is 36.0. The van der Waals surface area contributed by atoms with Crippen LogP contribution >= 0.6 is 0 Å². The number of carbonyl (C=O) groups excluding carboxylic acids is 7. The van der Waals surface area contributed by atoms with Crippen LogP contribution in [0.1, 0.15) is 103 Å². The zero-order valence-corrected chi connectivity index (χ0v) is 49.1. The molecule has 0 radical (unpaired) electrons. The largest absolute Gasteiger partial charge is 0.444 e. The van der Waals surface area contributed by atoms with Crippen LogP contribution in [-0.2, 0) is 61.8 Å². The molecule has 450 valence electrons. The molecular formula is C52H100N8O17. The van der Waals surface area contributed by atoms with Gasteiger partial charge in [-0.15, -0.1) is 0 Å². The van der Waals surface area contributed by atoms with Gasteiger partial charge < -0.3 is 74.0 Å². The van der Waals surface area contributed by atoms with E-state index >= 15 is 0 Å². The van der Waals surface area contributed by atoms with Gasteiger partial charge in [-0.2, -0.15) is 0 Å². The average molecular weight is 1110 g/mol. The molecule has 0 heterocycles. The summed E-state index contributed by atoms with van der Waals surface area (Å²) in [6.45, 7) is 30.9. The molecule has 0 aliphatic rings. The molecule has 0 bridgehead atoms. The Kier molecular flexibility index (Phi) is 39.1. The number of hydrogen-bond donors (Lipinski definition) is 5. The lowest BCUT2D eigenvalue weighted by Crippen LogP contribution is -2.42. The first-order valence-electron chi connectivity index (χ1n) is 26.8. The van der Waals surface area contributed by atoms with Crippen molar-refractivity contribution >= 4 is 41.8 Å². The van der Waals surface area contributed by atoms with Gasteiger partial charge in [0.2, 0.25) is 5.91 Å². The molecule has 0 spiro atoms. The molecule has 0 unspecified atom stereocenters. The van der Waals surface area contributed by atoms with E-state index in [-0.39, 0.29) is 103 Å². The van der Waals surface area contributed by atoms with Crippen LogP contribution in [0.15, 0.2) is 0 Å². The number of carbonyl (C=O) groups is 7. The van der Waals surface area contributed by atoms with Crippen molar-refractivity contribution < 1.29 is 80.9 Å². The standard InChI is InChI=1S/C52H100N8O17/c1-42(61)39-58(21-33-68-27-14-15-43(62)40-59(23-35-70-29-17-54-45(64)74-49(2,3)4)24-36-71-30-18-55-46(65)75-50(5,6)7)22-34-69-28-16-53-44(63)41-60(25-37-72-31-19-56-47(66)76-51(8,9)10)26-38-73-32-20-57-48(67)77-52(11,12)13/h14-41H2,1-13H3,(H,53,63)(H,54,64)(H,55,65)(H,56,66)(H,57,67). The van der Waals surface area contributed by atoms with Crippen molar-refractivity contribution in [2.45, 2.75) is 125 Å². The van der Waals surface area contributed by atoms with Gasteiger partial charge in [-0.3, -0.25) is 29.1 Å². The lowest BCUT2D eigenvalue weighted by atomic mass is 10.2. The van der Waals surface area contributed by atoms with Crippen molar-refractivity contribution in [1.82, 2.24) is 41.3 Å². The van der Waals surface area contributed by atoms with Crippen molar-refractivity contribution in [2.75, 3.05) is 171 Å². The second-order valence-corrected chi connectivity index (χ2v) is 21.9. The van der Waals surface area contributed by atoms with Gasteiger partial charge in [0.25, 0.3) is 0 Å². The SMILES string of the molecule is CC(=O)CN(CCOCCCC(=O)CN(CCOCCNC(=O)OC(C)(C)C)CCOCCNC(=O)OC(C)(C)C)CCOCCNC(=O)CN(CCOCCNC(=O)OC(C)(C)C)CCOCCNC(=O)OC(C)(C)C. The van der Waals surface area contributed by atoms with Gasteiger partial charge in [0.1, 0.15) is 34.0 Å². The molecule has 0 fully saturated rings. The molecule has 0 aliphatic heterocycles. The molecule has 0 aromatic heterocycles. The third-order valence-corrected chi connectivity index (χ3v) is 9.50. The molecular weight excluding hydrogens is 1010 g/mol. The summed E-state index contributed by atoms with van der Waals surface area (Å²) in [5.74, 6) is -0.202. The van der Waals surface area contributed by atoms with Gasteiger partial charge in [0.15, 0.2) is 0 Å². The van der Waals surface area contributed by atoms with Gasteiger partial charge in [-0.05, 0) is 96.4 Å². The number of ether oxygens (including phenoxy) is 10. The van der Waals surface area contributed by atoms with E-state index < -0.39 is 46.8 Å². The summed E-state index contributed by atoms with van der Waals surface area (Å²) in [4.78, 5) is 91.4. The Morgan fingerprint density at radius 2 is 0.597 bits per heavy atom. The molecule has 0 aliphatic carbocycles. The Balaban J connectivity index is 4.82. The lowest BCUT2D eigenvalue weighted by Gasteiger charge is -2.22. The van der Waals surface area contributed by atoms with Gasteiger partial charge in [-0.25, -0.2) is 19.2 Å². The maximum absolute atomic E-state index is 13.0. The van der Waals surface area contributed by atoms with Crippen LogP contribution in [0.2, 0.25) is 0 Å². The highest BCUT2D eigenvalue weighted by Gasteiger charge is 2.20. The fraction of sp³-hybridized carbons (Fsp3) is 0.865. The number of hydrogen-bond acceptors (Lipinski definition) is 20. The number of nitrogens with zero attached hydrogens (tertiary/aromatic N) is 3. The van der Waals surface area contributed by atoms with E-state index in [4.69, 9.17) is 47.4 Å². The fourth-order valence-electron chi connectivity index (χ4n) is 6.28. The number of Topliss-reactive ketones (excluding diaryl/α,β-unsaturated/α-hetero) is 2. The number of alkyl carbamates (subject to hydrolysis) is 4. The van der Waals surface area contributed by atoms with E-state index in [1.807, 2.05) is 14.7 Å². The number of rotatable bonds is 43. The van der Waals surface area contributed by atoms with E-state index in [2.05, 4.69) is 26.6 Å². The highest BCUT2D eigenvalue weighted by Crippen LogP contribution is 2.09. The van der Waals surface area contributed by atoms with E-state index in [9.17, 15) is 33.6 Å². The third-order valence-electron chi connectivity index (χ3n) is 9.50. The van der Waals surface area contributed by atoms with E-state index in [1.54, 1.807) is 83.1 Å². The number of ketones is 2. The molecule has 0 saturated heterocycles. The summed E-state index contributed by atoms with van der Waals surface area (Å²) in [6.07, 6.45) is -1.31. The van der Waals surface area contributed by atoms with Crippen LogP contribution in [0.4, 0.5) is 19.2 Å². The van der Waals surface area contributed by atoms with E-state index in [0.29, 0.717) is 98.4 Å². The molecule has 5 amide bonds. The quantitative estimate of drug-likeness (QED) is 0.0433. The van der Waals surface area contributed by atoms with Crippen molar-refractivity contribution in [3.63, 3.8) is 0 Å². The van der Waals surface area contributed by atoms with Crippen LogP contribution in [0.3, 0.4) is 0 Å². The molecule has 0 aromatic rings. The predicted molar refractivity (Wildman–Crippen MR) is 289 cm³/mol. The zero-order valence-electron chi connectivity index (χ0n) is 49.1. The second-order valence-electron chi connectivity index (χ2n) is 21.9.